The highest BCUT2D eigenvalue weighted by Crippen LogP contribution is 2.27. The van der Waals surface area contributed by atoms with Crippen molar-refractivity contribution >= 4 is 0 Å². The predicted molar refractivity (Wildman–Crippen MR) is 93.9 cm³/mol. The highest BCUT2D eigenvalue weighted by Gasteiger charge is 2.15. The lowest BCUT2D eigenvalue weighted by atomic mass is 10.0. The van der Waals surface area contributed by atoms with Gasteiger partial charge in [-0.1, -0.05) is 32.9 Å². The van der Waals surface area contributed by atoms with Crippen LogP contribution < -0.4 is 4.74 Å². The molecule has 1 aliphatic heterocycles. The van der Waals surface area contributed by atoms with Crippen LogP contribution in [-0.2, 0) is 0 Å². The number of benzene rings is 1. The topological polar surface area (TPSA) is 15.7 Å². The lowest BCUT2D eigenvalue weighted by Gasteiger charge is -2.33. The molecule has 0 amide bonds. The molecule has 0 unspecified atom stereocenters. The maximum atomic E-state index is 6.08. The minimum absolute atomic E-state index is 0.512. The second kappa shape index (κ2) is 8.54. The predicted octanol–water partition coefficient (Wildman–Crippen LogP) is 3.52. The van der Waals surface area contributed by atoms with E-state index in [1.165, 1.54) is 43.9 Å². The van der Waals surface area contributed by atoms with E-state index in [0.29, 0.717) is 5.92 Å². The van der Waals surface area contributed by atoms with E-state index in [2.05, 4.69) is 55.7 Å². The Morgan fingerprint density at radius 3 is 2.41 bits per heavy atom. The zero-order valence-electron chi connectivity index (χ0n) is 14.8. The first kappa shape index (κ1) is 17.3. The number of piperazine rings is 1. The van der Waals surface area contributed by atoms with Crippen LogP contribution in [0.2, 0.25) is 0 Å². The SMILES string of the molecule is CCN1CCN(CCCOc2cc(C)ccc2C(C)C)CC1. The Morgan fingerprint density at radius 2 is 1.77 bits per heavy atom. The first-order valence-corrected chi connectivity index (χ1v) is 8.78. The van der Waals surface area contributed by atoms with E-state index in [4.69, 9.17) is 4.74 Å². The van der Waals surface area contributed by atoms with Gasteiger partial charge in [0.05, 0.1) is 6.61 Å². The van der Waals surface area contributed by atoms with Crippen molar-refractivity contribution in [1.82, 2.24) is 9.80 Å². The van der Waals surface area contributed by atoms with Crippen LogP contribution >= 0.6 is 0 Å². The van der Waals surface area contributed by atoms with Gasteiger partial charge in [-0.25, -0.2) is 0 Å². The van der Waals surface area contributed by atoms with Gasteiger partial charge in [-0.2, -0.15) is 0 Å². The minimum atomic E-state index is 0.512. The maximum absolute atomic E-state index is 6.08. The fourth-order valence-electron chi connectivity index (χ4n) is 3.04. The molecule has 3 nitrogen and oxygen atoms in total. The molecule has 1 aromatic rings. The number of aryl methyl sites for hydroxylation is 1. The molecule has 1 heterocycles. The van der Waals surface area contributed by atoms with Gasteiger partial charge >= 0.3 is 0 Å². The Balaban J connectivity index is 1.74. The molecule has 0 atom stereocenters. The van der Waals surface area contributed by atoms with Crippen molar-refractivity contribution in [1.29, 1.82) is 0 Å². The summed E-state index contributed by atoms with van der Waals surface area (Å²) in [6, 6.07) is 6.56. The molecule has 0 spiro atoms. The van der Waals surface area contributed by atoms with Crippen LogP contribution in [0.3, 0.4) is 0 Å². The van der Waals surface area contributed by atoms with Gasteiger partial charge in [0, 0.05) is 32.7 Å². The van der Waals surface area contributed by atoms with Crippen LogP contribution in [0.4, 0.5) is 0 Å². The van der Waals surface area contributed by atoms with Crippen LogP contribution in [-0.4, -0.2) is 55.7 Å². The van der Waals surface area contributed by atoms with E-state index in [9.17, 15) is 0 Å². The van der Waals surface area contributed by atoms with Crippen molar-refractivity contribution in [3.05, 3.63) is 29.3 Å². The van der Waals surface area contributed by atoms with Crippen LogP contribution in [0.15, 0.2) is 18.2 Å². The summed E-state index contributed by atoms with van der Waals surface area (Å²) in [5.41, 5.74) is 2.59. The summed E-state index contributed by atoms with van der Waals surface area (Å²) >= 11 is 0. The van der Waals surface area contributed by atoms with Crippen LogP contribution in [0.25, 0.3) is 0 Å². The smallest absolute Gasteiger partial charge is 0.122 e. The fraction of sp³-hybridized carbons (Fsp3) is 0.684. The van der Waals surface area contributed by atoms with Crippen molar-refractivity contribution in [2.75, 3.05) is 45.9 Å². The van der Waals surface area contributed by atoms with Gasteiger partial charge in [0.2, 0.25) is 0 Å². The highest BCUT2D eigenvalue weighted by molar-refractivity contribution is 5.39. The maximum Gasteiger partial charge on any atom is 0.122 e. The molecule has 0 saturated carbocycles. The molecule has 0 radical (unpaired) electrons. The zero-order chi connectivity index (χ0) is 15.9. The van der Waals surface area contributed by atoms with Crippen molar-refractivity contribution < 1.29 is 4.74 Å². The molecule has 1 aliphatic rings. The number of nitrogens with zero attached hydrogens (tertiary/aromatic N) is 2. The number of hydrogen-bond acceptors (Lipinski definition) is 3. The van der Waals surface area contributed by atoms with E-state index in [1.54, 1.807) is 0 Å². The molecule has 2 rings (SSSR count). The third-order valence-electron chi connectivity index (χ3n) is 4.58. The quantitative estimate of drug-likeness (QED) is 0.717. The second-order valence-corrected chi connectivity index (χ2v) is 6.67. The Hall–Kier alpha value is -1.06. The fourth-order valence-corrected chi connectivity index (χ4v) is 3.04. The van der Waals surface area contributed by atoms with E-state index >= 15 is 0 Å². The Morgan fingerprint density at radius 1 is 1.09 bits per heavy atom. The van der Waals surface area contributed by atoms with Gasteiger partial charge in [-0.15, -0.1) is 0 Å². The van der Waals surface area contributed by atoms with E-state index < -0.39 is 0 Å². The molecule has 0 bridgehead atoms. The van der Waals surface area contributed by atoms with E-state index in [0.717, 1.165) is 25.3 Å². The zero-order valence-corrected chi connectivity index (χ0v) is 14.8. The molecule has 3 heteroatoms. The van der Waals surface area contributed by atoms with Crippen molar-refractivity contribution in [3.8, 4) is 5.75 Å². The Labute approximate surface area is 136 Å². The highest BCUT2D eigenvalue weighted by atomic mass is 16.5. The Bertz CT molecular complexity index is 451. The summed E-state index contributed by atoms with van der Waals surface area (Å²) < 4.78 is 6.08. The summed E-state index contributed by atoms with van der Waals surface area (Å²) in [5.74, 6) is 1.59. The molecule has 0 aliphatic carbocycles. The first-order valence-electron chi connectivity index (χ1n) is 8.78. The summed E-state index contributed by atoms with van der Waals surface area (Å²) in [7, 11) is 0. The molecular weight excluding hydrogens is 272 g/mol. The van der Waals surface area contributed by atoms with Gasteiger partial charge in [0.25, 0.3) is 0 Å². The average Bonchev–Trinajstić information content (AvgIpc) is 2.52. The number of likely N-dealkylation sites (N-methyl/N-ethyl adjacent to an activating group) is 1. The minimum Gasteiger partial charge on any atom is -0.493 e. The van der Waals surface area contributed by atoms with Crippen molar-refractivity contribution in [3.63, 3.8) is 0 Å². The van der Waals surface area contributed by atoms with E-state index in [-0.39, 0.29) is 0 Å². The van der Waals surface area contributed by atoms with Gasteiger partial charge in [-0.05, 0) is 43.0 Å². The lowest BCUT2D eigenvalue weighted by molar-refractivity contribution is 0.130. The molecule has 22 heavy (non-hydrogen) atoms. The number of hydrogen-bond donors (Lipinski definition) is 0. The normalized spacial score (nSPS) is 17.1. The summed E-state index contributed by atoms with van der Waals surface area (Å²) in [4.78, 5) is 5.09. The molecular formula is C19H32N2O. The molecule has 1 saturated heterocycles. The van der Waals surface area contributed by atoms with Gasteiger partial charge in [0.15, 0.2) is 0 Å². The largest absolute Gasteiger partial charge is 0.493 e. The van der Waals surface area contributed by atoms with Crippen molar-refractivity contribution in [2.24, 2.45) is 0 Å². The van der Waals surface area contributed by atoms with Crippen LogP contribution in [0.1, 0.15) is 44.2 Å². The summed E-state index contributed by atoms with van der Waals surface area (Å²) in [6.07, 6.45) is 1.11. The van der Waals surface area contributed by atoms with Gasteiger partial charge in [-0.3, -0.25) is 0 Å². The number of ether oxygens (including phenoxy) is 1. The first-order chi connectivity index (χ1) is 10.6. The average molecular weight is 304 g/mol. The second-order valence-electron chi connectivity index (χ2n) is 6.67. The van der Waals surface area contributed by atoms with Crippen molar-refractivity contribution in [2.45, 2.75) is 40.0 Å². The van der Waals surface area contributed by atoms with Gasteiger partial charge in [0.1, 0.15) is 5.75 Å². The summed E-state index contributed by atoms with van der Waals surface area (Å²) in [6.45, 7) is 16.8. The van der Waals surface area contributed by atoms with E-state index in [1.807, 2.05) is 0 Å². The molecule has 1 fully saturated rings. The summed E-state index contributed by atoms with van der Waals surface area (Å²) in [5, 5.41) is 0. The monoisotopic (exact) mass is 304 g/mol. The van der Waals surface area contributed by atoms with Crippen LogP contribution in [0.5, 0.6) is 5.75 Å². The molecule has 0 aromatic heterocycles. The van der Waals surface area contributed by atoms with Crippen LogP contribution in [0, 0.1) is 6.92 Å². The molecule has 0 N–H and O–H groups in total. The third-order valence-corrected chi connectivity index (χ3v) is 4.58. The third kappa shape index (κ3) is 4.99. The molecule has 1 aromatic carbocycles. The molecule has 124 valence electrons. The number of rotatable bonds is 7. The van der Waals surface area contributed by atoms with Gasteiger partial charge < -0.3 is 14.5 Å². The lowest BCUT2D eigenvalue weighted by Crippen LogP contribution is -2.46. The standard InChI is InChI=1S/C19H32N2O/c1-5-20-10-12-21(13-11-20)9-6-14-22-19-15-17(4)7-8-18(19)16(2)3/h7-8,15-16H,5-6,9-14H2,1-4H3. The Kier molecular flexibility index (Phi) is 6.71.